The molecule has 2 aromatic heterocycles. The maximum atomic E-state index is 13.3. The first-order valence-electron chi connectivity index (χ1n) is 12.0. The van der Waals surface area contributed by atoms with Crippen LogP contribution in [-0.4, -0.2) is 31.9 Å². The number of aromatic amines is 1. The SMILES string of the molecule is C[C@@H](NC(=O)c1cn(C2CCCCC2)cc(C(=O)NC(C)(C)C)c1=O)c1nc2ccccc2[nH]1. The fourth-order valence-corrected chi connectivity index (χ4v) is 4.44. The molecule has 1 aliphatic carbocycles. The lowest BCUT2D eigenvalue weighted by Gasteiger charge is -2.26. The summed E-state index contributed by atoms with van der Waals surface area (Å²) in [5.74, 6) is -0.390. The van der Waals surface area contributed by atoms with E-state index in [4.69, 9.17) is 0 Å². The molecule has 0 unspecified atom stereocenters. The van der Waals surface area contributed by atoms with Crippen LogP contribution in [0.1, 0.15) is 98.4 Å². The zero-order valence-corrected chi connectivity index (χ0v) is 20.3. The van der Waals surface area contributed by atoms with Gasteiger partial charge in [0.15, 0.2) is 0 Å². The minimum absolute atomic E-state index is 0.00969. The first-order valence-corrected chi connectivity index (χ1v) is 12.0. The van der Waals surface area contributed by atoms with Crippen LogP contribution in [0.15, 0.2) is 41.5 Å². The van der Waals surface area contributed by atoms with Gasteiger partial charge in [0.2, 0.25) is 5.43 Å². The lowest BCUT2D eigenvalue weighted by atomic mass is 9.95. The van der Waals surface area contributed by atoms with Crippen LogP contribution >= 0.6 is 0 Å². The molecule has 0 bridgehead atoms. The highest BCUT2D eigenvalue weighted by Gasteiger charge is 2.26. The molecular weight excluding hydrogens is 430 g/mol. The molecule has 1 atom stereocenters. The van der Waals surface area contributed by atoms with Crippen LogP contribution in [0.5, 0.6) is 0 Å². The number of fused-ring (bicyclic) bond motifs is 1. The van der Waals surface area contributed by atoms with E-state index in [-0.39, 0.29) is 17.2 Å². The maximum absolute atomic E-state index is 13.3. The number of para-hydroxylation sites is 2. The molecule has 0 saturated heterocycles. The molecule has 34 heavy (non-hydrogen) atoms. The zero-order valence-electron chi connectivity index (χ0n) is 20.3. The van der Waals surface area contributed by atoms with Crippen molar-refractivity contribution in [1.29, 1.82) is 0 Å². The van der Waals surface area contributed by atoms with Crippen molar-refractivity contribution in [3.63, 3.8) is 0 Å². The van der Waals surface area contributed by atoms with E-state index in [0.29, 0.717) is 5.82 Å². The van der Waals surface area contributed by atoms with Gasteiger partial charge in [0.05, 0.1) is 17.1 Å². The summed E-state index contributed by atoms with van der Waals surface area (Å²) in [4.78, 5) is 47.3. The van der Waals surface area contributed by atoms with E-state index in [1.807, 2.05) is 56.5 Å². The third kappa shape index (κ3) is 5.21. The summed E-state index contributed by atoms with van der Waals surface area (Å²) >= 11 is 0. The fraction of sp³-hybridized carbons (Fsp3) is 0.462. The van der Waals surface area contributed by atoms with E-state index in [2.05, 4.69) is 20.6 Å². The van der Waals surface area contributed by atoms with Crippen LogP contribution in [-0.2, 0) is 0 Å². The lowest BCUT2D eigenvalue weighted by molar-refractivity contribution is 0.0917. The monoisotopic (exact) mass is 463 g/mol. The zero-order chi connectivity index (χ0) is 24.5. The largest absolute Gasteiger partial charge is 0.349 e. The number of imidazole rings is 1. The van der Waals surface area contributed by atoms with E-state index >= 15 is 0 Å². The second-order valence-electron chi connectivity index (χ2n) is 10.2. The van der Waals surface area contributed by atoms with Crippen LogP contribution in [0.25, 0.3) is 11.0 Å². The molecule has 0 radical (unpaired) electrons. The van der Waals surface area contributed by atoms with E-state index in [9.17, 15) is 14.4 Å². The van der Waals surface area contributed by atoms with Gasteiger partial charge in [0, 0.05) is 24.0 Å². The van der Waals surface area contributed by atoms with Crippen molar-refractivity contribution >= 4 is 22.8 Å². The highest BCUT2D eigenvalue weighted by atomic mass is 16.2. The van der Waals surface area contributed by atoms with Crippen molar-refractivity contribution in [2.75, 3.05) is 0 Å². The Bertz CT molecular complexity index is 1230. The van der Waals surface area contributed by atoms with Gasteiger partial charge in [-0.05, 0) is 52.7 Å². The average Bonchev–Trinajstić information content (AvgIpc) is 3.23. The third-order valence-electron chi connectivity index (χ3n) is 6.19. The Morgan fingerprint density at radius 1 is 1.06 bits per heavy atom. The molecule has 2 amide bonds. The standard InChI is InChI=1S/C26H33N5O3/c1-16(23-28-20-12-8-9-13-21(20)29-23)27-24(33)18-14-31(17-10-6-5-7-11-17)15-19(22(18)32)25(34)30-26(2,3)4/h8-9,12-17H,5-7,10-11H2,1-4H3,(H,27,33)(H,28,29)(H,30,34)/t16-/m1/s1. The van der Waals surface area contributed by atoms with Gasteiger partial charge in [0.1, 0.15) is 17.0 Å². The van der Waals surface area contributed by atoms with Crippen molar-refractivity contribution in [1.82, 2.24) is 25.2 Å². The molecule has 180 valence electrons. The van der Waals surface area contributed by atoms with Gasteiger partial charge in [0.25, 0.3) is 11.8 Å². The lowest BCUT2D eigenvalue weighted by Crippen LogP contribution is -2.43. The van der Waals surface area contributed by atoms with Gasteiger partial charge in [-0.3, -0.25) is 14.4 Å². The van der Waals surface area contributed by atoms with Gasteiger partial charge in [-0.2, -0.15) is 0 Å². The molecule has 1 fully saturated rings. The summed E-state index contributed by atoms with van der Waals surface area (Å²) < 4.78 is 1.89. The molecule has 4 rings (SSSR count). The summed E-state index contributed by atoms with van der Waals surface area (Å²) in [6.07, 6.45) is 8.48. The topological polar surface area (TPSA) is 109 Å². The molecule has 8 heteroatoms. The molecule has 1 aromatic carbocycles. The highest BCUT2D eigenvalue weighted by Crippen LogP contribution is 2.28. The van der Waals surface area contributed by atoms with E-state index in [1.54, 1.807) is 12.4 Å². The number of H-pyrrole nitrogens is 1. The second kappa shape index (κ2) is 9.44. The van der Waals surface area contributed by atoms with Crippen molar-refractivity contribution in [2.24, 2.45) is 0 Å². The van der Waals surface area contributed by atoms with Crippen LogP contribution in [0.2, 0.25) is 0 Å². The second-order valence-corrected chi connectivity index (χ2v) is 10.2. The van der Waals surface area contributed by atoms with Crippen molar-refractivity contribution in [2.45, 2.75) is 77.4 Å². The normalized spacial score (nSPS) is 15.8. The van der Waals surface area contributed by atoms with Crippen molar-refractivity contribution < 1.29 is 9.59 Å². The number of hydrogen-bond acceptors (Lipinski definition) is 4. The predicted octanol–water partition coefficient (Wildman–Crippen LogP) is 4.25. The van der Waals surface area contributed by atoms with E-state index in [1.165, 1.54) is 6.42 Å². The number of rotatable bonds is 5. The Morgan fingerprint density at radius 3 is 2.35 bits per heavy atom. The summed E-state index contributed by atoms with van der Waals surface area (Å²) in [7, 11) is 0. The number of nitrogens with one attached hydrogen (secondary N) is 3. The van der Waals surface area contributed by atoms with Gasteiger partial charge < -0.3 is 20.2 Å². The third-order valence-corrected chi connectivity index (χ3v) is 6.19. The van der Waals surface area contributed by atoms with E-state index < -0.39 is 28.8 Å². The Labute approximate surface area is 199 Å². The number of carbonyl (C=O) groups excluding carboxylic acids is 2. The number of nitrogens with zero attached hydrogens (tertiary/aromatic N) is 2. The van der Waals surface area contributed by atoms with Crippen LogP contribution < -0.4 is 16.1 Å². The first-order chi connectivity index (χ1) is 16.1. The minimum Gasteiger partial charge on any atom is -0.349 e. The molecule has 8 nitrogen and oxygen atoms in total. The molecule has 3 N–H and O–H groups in total. The highest BCUT2D eigenvalue weighted by molar-refractivity contribution is 5.99. The number of carbonyl (C=O) groups is 2. The quantitative estimate of drug-likeness (QED) is 0.525. The Morgan fingerprint density at radius 2 is 1.71 bits per heavy atom. The number of hydrogen-bond donors (Lipinski definition) is 3. The van der Waals surface area contributed by atoms with Crippen LogP contribution in [0.3, 0.4) is 0 Å². The predicted molar refractivity (Wildman–Crippen MR) is 132 cm³/mol. The Balaban J connectivity index is 1.66. The molecule has 2 heterocycles. The summed E-state index contributed by atoms with van der Waals surface area (Å²) in [6, 6.07) is 7.34. The molecule has 3 aromatic rings. The van der Waals surface area contributed by atoms with Crippen LogP contribution in [0.4, 0.5) is 0 Å². The summed E-state index contributed by atoms with van der Waals surface area (Å²) in [6.45, 7) is 7.38. The van der Waals surface area contributed by atoms with Gasteiger partial charge in [-0.15, -0.1) is 0 Å². The fourth-order valence-electron chi connectivity index (χ4n) is 4.44. The summed E-state index contributed by atoms with van der Waals surface area (Å²) in [5.41, 5.74) is 0.564. The van der Waals surface area contributed by atoms with E-state index in [0.717, 1.165) is 36.7 Å². The van der Waals surface area contributed by atoms with Crippen molar-refractivity contribution in [3.8, 4) is 0 Å². The first kappa shape index (κ1) is 23.7. The molecule has 0 spiro atoms. The Hall–Kier alpha value is -3.42. The van der Waals surface area contributed by atoms with Crippen molar-refractivity contribution in [3.05, 3.63) is 63.8 Å². The average molecular weight is 464 g/mol. The number of amides is 2. The maximum Gasteiger partial charge on any atom is 0.257 e. The smallest absolute Gasteiger partial charge is 0.257 e. The minimum atomic E-state index is -0.567. The molecule has 1 aliphatic rings. The molecule has 1 saturated carbocycles. The number of pyridine rings is 1. The van der Waals surface area contributed by atoms with Crippen LogP contribution in [0, 0.1) is 0 Å². The molecule has 0 aliphatic heterocycles. The molecular formula is C26H33N5O3. The van der Waals surface area contributed by atoms with Gasteiger partial charge >= 0.3 is 0 Å². The van der Waals surface area contributed by atoms with Gasteiger partial charge in [-0.1, -0.05) is 31.4 Å². The number of benzene rings is 1. The number of aromatic nitrogens is 3. The summed E-state index contributed by atoms with van der Waals surface area (Å²) in [5, 5.41) is 5.74. The van der Waals surface area contributed by atoms with Gasteiger partial charge in [-0.25, -0.2) is 4.98 Å². The Kier molecular flexibility index (Phi) is 6.59.